The van der Waals surface area contributed by atoms with Crippen molar-refractivity contribution < 1.29 is 9.53 Å². The fourth-order valence-electron chi connectivity index (χ4n) is 2.25. The second-order valence-corrected chi connectivity index (χ2v) is 6.21. The van der Waals surface area contributed by atoms with Crippen LogP contribution in [0.15, 0.2) is 24.3 Å². The molecule has 0 radical (unpaired) electrons. The molecule has 0 aliphatic heterocycles. The summed E-state index contributed by atoms with van der Waals surface area (Å²) in [6, 6.07) is 6.79. The number of carbonyl (C=O) groups is 1. The van der Waals surface area contributed by atoms with Crippen molar-refractivity contribution in [2.75, 3.05) is 5.32 Å². The van der Waals surface area contributed by atoms with E-state index in [0.29, 0.717) is 21.5 Å². The highest BCUT2D eigenvalue weighted by Crippen LogP contribution is 2.28. The summed E-state index contributed by atoms with van der Waals surface area (Å²) < 4.78 is 5.61. The smallest absolute Gasteiger partial charge is 0.265 e. The number of nitrogens with zero attached hydrogens (tertiary/aromatic N) is 1. The fraction of sp³-hybridized carbons (Fsp3) is 0.294. The SMILES string of the molecule is Cc1cc(C)c(NC(=O)C(C)Oc2ccc(Cl)cc2Cl)c(C)n1. The molecule has 0 spiro atoms. The van der Waals surface area contributed by atoms with Gasteiger partial charge < -0.3 is 10.1 Å². The van der Waals surface area contributed by atoms with Crippen LogP contribution in [0.3, 0.4) is 0 Å². The molecule has 1 heterocycles. The van der Waals surface area contributed by atoms with Crippen molar-refractivity contribution in [1.29, 1.82) is 0 Å². The third kappa shape index (κ3) is 4.36. The number of ether oxygens (including phenoxy) is 1. The molecule has 2 rings (SSSR count). The maximum atomic E-state index is 12.4. The average Bonchev–Trinajstić information content (AvgIpc) is 2.45. The van der Waals surface area contributed by atoms with Gasteiger partial charge in [0, 0.05) is 10.7 Å². The first-order chi connectivity index (χ1) is 10.8. The van der Waals surface area contributed by atoms with Crippen LogP contribution in [0.4, 0.5) is 5.69 Å². The zero-order chi connectivity index (χ0) is 17.1. The lowest BCUT2D eigenvalue weighted by Crippen LogP contribution is -2.31. The Morgan fingerprint density at radius 1 is 1.22 bits per heavy atom. The number of carbonyl (C=O) groups excluding carboxylic acids is 1. The van der Waals surface area contributed by atoms with Crippen LogP contribution >= 0.6 is 23.2 Å². The average molecular weight is 353 g/mol. The van der Waals surface area contributed by atoms with Gasteiger partial charge in [-0.15, -0.1) is 0 Å². The number of nitrogens with one attached hydrogen (secondary N) is 1. The number of aromatic nitrogens is 1. The van der Waals surface area contributed by atoms with Crippen molar-refractivity contribution in [1.82, 2.24) is 4.98 Å². The van der Waals surface area contributed by atoms with Crippen molar-refractivity contribution >= 4 is 34.8 Å². The lowest BCUT2D eigenvalue weighted by Gasteiger charge is -2.17. The summed E-state index contributed by atoms with van der Waals surface area (Å²) in [5, 5.41) is 3.73. The molecule has 1 unspecified atom stereocenters. The Hall–Kier alpha value is -1.78. The number of halogens is 2. The van der Waals surface area contributed by atoms with Gasteiger partial charge in [-0.05, 0) is 57.5 Å². The number of benzene rings is 1. The number of hydrogen-bond acceptors (Lipinski definition) is 3. The molecule has 122 valence electrons. The minimum absolute atomic E-state index is 0.270. The Morgan fingerprint density at radius 3 is 2.52 bits per heavy atom. The Kier molecular flexibility index (Phi) is 5.50. The van der Waals surface area contributed by atoms with E-state index in [9.17, 15) is 4.79 Å². The molecule has 4 nitrogen and oxygen atoms in total. The van der Waals surface area contributed by atoms with Crippen LogP contribution in [0, 0.1) is 20.8 Å². The second-order valence-electron chi connectivity index (χ2n) is 5.37. The number of aryl methyl sites for hydroxylation is 3. The van der Waals surface area contributed by atoms with Crippen LogP contribution in [0.2, 0.25) is 10.0 Å². The van der Waals surface area contributed by atoms with Crippen LogP contribution < -0.4 is 10.1 Å². The molecule has 0 aliphatic rings. The summed E-state index contributed by atoms with van der Waals surface area (Å²) in [7, 11) is 0. The molecule has 0 saturated heterocycles. The van der Waals surface area contributed by atoms with E-state index >= 15 is 0 Å². The molecule has 6 heteroatoms. The lowest BCUT2D eigenvalue weighted by atomic mass is 10.1. The normalized spacial score (nSPS) is 11.9. The van der Waals surface area contributed by atoms with E-state index in [1.54, 1.807) is 25.1 Å². The third-order valence-corrected chi connectivity index (χ3v) is 3.87. The van der Waals surface area contributed by atoms with E-state index < -0.39 is 6.10 Å². The molecule has 0 fully saturated rings. The van der Waals surface area contributed by atoms with Gasteiger partial charge in [0.15, 0.2) is 6.10 Å². The quantitative estimate of drug-likeness (QED) is 0.865. The van der Waals surface area contributed by atoms with Crippen molar-refractivity contribution in [3.05, 3.63) is 51.3 Å². The maximum Gasteiger partial charge on any atom is 0.265 e. The van der Waals surface area contributed by atoms with Crippen LogP contribution in [0.5, 0.6) is 5.75 Å². The molecule has 0 saturated carbocycles. The number of pyridine rings is 1. The minimum atomic E-state index is -0.714. The van der Waals surface area contributed by atoms with E-state index in [1.165, 1.54) is 0 Å². The van der Waals surface area contributed by atoms with Gasteiger partial charge in [-0.1, -0.05) is 23.2 Å². The van der Waals surface area contributed by atoms with Gasteiger partial charge in [-0.25, -0.2) is 0 Å². The molecule has 1 atom stereocenters. The molecular formula is C17H18Cl2N2O2. The van der Waals surface area contributed by atoms with Crippen molar-refractivity contribution in [2.24, 2.45) is 0 Å². The highest BCUT2D eigenvalue weighted by Gasteiger charge is 2.18. The van der Waals surface area contributed by atoms with Crippen molar-refractivity contribution in [3.63, 3.8) is 0 Å². The zero-order valence-electron chi connectivity index (χ0n) is 13.4. The topological polar surface area (TPSA) is 51.2 Å². The van der Waals surface area contributed by atoms with Gasteiger partial charge >= 0.3 is 0 Å². The zero-order valence-corrected chi connectivity index (χ0v) is 14.9. The van der Waals surface area contributed by atoms with Gasteiger partial charge in [-0.3, -0.25) is 9.78 Å². The minimum Gasteiger partial charge on any atom is -0.479 e. The van der Waals surface area contributed by atoms with Crippen LogP contribution in [-0.4, -0.2) is 17.0 Å². The third-order valence-electron chi connectivity index (χ3n) is 3.34. The maximum absolute atomic E-state index is 12.4. The largest absolute Gasteiger partial charge is 0.479 e. The molecule has 1 aromatic heterocycles. The molecule has 1 amide bonds. The highest BCUT2D eigenvalue weighted by molar-refractivity contribution is 6.35. The number of amides is 1. The van der Waals surface area contributed by atoms with Gasteiger partial charge in [-0.2, -0.15) is 0 Å². The lowest BCUT2D eigenvalue weighted by molar-refractivity contribution is -0.122. The molecular weight excluding hydrogens is 335 g/mol. The number of anilines is 1. The van der Waals surface area contributed by atoms with Gasteiger partial charge in [0.05, 0.1) is 16.4 Å². The van der Waals surface area contributed by atoms with E-state index in [4.69, 9.17) is 27.9 Å². The van der Waals surface area contributed by atoms with E-state index in [1.807, 2.05) is 26.8 Å². The standard InChI is InChI=1S/C17H18Cl2N2O2/c1-9-7-10(2)20-11(3)16(9)21-17(22)12(4)23-15-6-5-13(18)8-14(15)19/h5-8,12H,1-4H3,(H,21,22). The fourth-order valence-corrected chi connectivity index (χ4v) is 2.71. The predicted octanol–water partition coefficient (Wildman–Crippen LogP) is 4.72. The number of rotatable bonds is 4. The van der Waals surface area contributed by atoms with Gasteiger partial charge in [0.25, 0.3) is 5.91 Å². The highest BCUT2D eigenvalue weighted by atomic mass is 35.5. The van der Waals surface area contributed by atoms with E-state index in [0.717, 1.165) is 17.0 Å². The Morgan fingerprint density at radius 2 is 1.91 bits per heavy atom. The number of hydrogen-bond donors (Lipinski definition) is 1. The second kappa shape index (κ2) is 7.20. The summed E-state index contributed by atoms with van der Waals surface area (Å²) in [5.41, 5.74) is 3.35. The molecule has 0 aliphatic carbocycles. The first-order valence-electron chi connectivity index (χ1n) is 7.15. The summed E-state index contributed by atoms with van der Waals surface area (Å²) in [5.74, 6) is 0.141. The van der Waals surface area contributed by atoms with Gasteiger partial charge in [0.2, 0.25) is 0 Å². The summed E-state index contributed by atoms with van der Waals surface area (Å²) in [6.45, 7) is 7.36. The van der Waals surface area contributed by atoms with E-state index in [2.05, 4.69) is 10.3 Å². The first kappa shape index (κ1) is 17.6. The van der Waals surface area contributed by atoms with Crippen molar-refractivity contribution in [3.8, 4) is 5.75 Å². The Bertz CT molecular complexity index is 724. The summed E-state index contributed by atoms with van der Waals surface area (Å²) in [6.07, 6.45) is -0.714. The van der Waals surface area contributed by atoms with Crippen molar-refractivity contribution in [2.45, 2.75) is 33.8 Å². The van der Waals surface area contributed by atoms with Crippen LogP contribution in [0.25, 0.3) is 0 Å². The first-order valence-corrected chi connectivity index (χ1v) is 7.91. The summed E-state index contributed by atoms with van der Waals surface area (Å²) in [4.78, 5) is 16.7. The molecule has 2 aromatic rings. The molecule has 0 bridgehead atoms. The van der Waals surface area contributed by atoms with Gasteiger partial charge in [0.1, 0.15) is 5.75 Å². The summed E-state index contributed by atoms with van der Waals surface area (Å²) >= 11 is 11.9. The Balaban J connectivity index is 2.11. The molecule has 1 N–H and O–H groups in total. The van der Waals surface area contributed by atoms with Crippen LogP contribution in [-0.2, 0) is 4.79 Å². The van der Waals surface area contributed by atoms with Crippen LogP contribution in [0.1, 0.15) is 23.9 Å². The predicted molar refractivity (Wildman–Crippen MR) is 93.6 cm³/mol. The monoisotopic (exact) mass is 352 g/mol. The Labute approximate surface area is 145 Å². The molecule has 23 heavy (non-hydrogen) atoms. The van der Waals surface area contributed by atoms with E-state index in [-0.39, 0.29) is 5.91 Å². The molecule has 1 aromatic carbocycles.